The third kappa shape index (κ3) is 32.7. The maximum Gasteiger partial charge on any atom is 0.501 e. The van der Waals surface area contributed by atoms with Crippen molar-refractivity contribution in [3.63, 3.8) is 0 Å². The molecule has 0 radical (unpaired) electrons. The van der Waals surface area contributed by atoms with E-state index in [2.05, 4.69) is 40.7 Å². The number of hydrogen-bond acceptors (Lipinski definition) is 11. The summed E-state index contributed by atoms with van der Waals surface area (Å²) < 4.78 is 54.3. The summed E-state index contributed by atoms with van der Waals surface area (Å²) in [6.45, 7) is 25.4. The van der Waals surface area contributed by atoms with Gasteiger partial charge in [-0.1, -0.05) is 91.8 Å². The minimum absolute atomic E-state index is 0.119. The number of methoxy groups -OCH3 is 1. The first-order chi connectivity index (χ1) is 28.4. The number of hydrogen-bond donors (Lipinski definition) is 0. The molecule has 60 heavy (non-hydrogen) atoms. The van der Waals surface area contributed by atoms with E-state index in [1.54, 1.807) is 7.11 Å². The van der Waals surface area contributed by atoms with E-state index in [-0.39, 0.29) is 44.8 Å². The van der Waals surface area contributed by atoms with Crippen molar-refractivity contribution in [2.75, 3.05) is 114 Å². The molecule has 14 heteroatoms. The second-order valence-corrected chi connectivity index (χ2v) is 27.7. The van der Waals surface area contributed by atoms with E-state index >= 15 is 0 Å². The summed E-state index contributed by atoms with van der Waals surface area (Å²) in [5, 5.41) is 0. The molecule has 2 atom stereocenters. The van der Waals surface area contributed by atoms with Crippen molar-refractivity contribution in [2.45, 2.75) is 163 Å². The highest BCUT2D eigenvalue weighted by Gasteiger charge is 2.41. The van der Waals surface area contributed by atoms with Crippen LogP contribution in [0.5, 0.6) is 0 Å². The Balaban J connectivity index is 5.38. The van der Waals surface area contributed by atoms with Gasteiger partial charge in [0.2, 0.25) is 0 Å². The first kappa shape index (κ1) is 59.1. The maximum atomic E-state index is 13.2. The van der Waals surface area contributed by atoms with Gasteiger partial charge in [-0.3, -0.25) is 9.59 Å². The Morgan fingerprint density at radius 2 is 0.933 bits per heavy atom. The van der Waals surface area contributed by atoms with E-state index in [1.807, 2.05) is 34.6 Å². The van der Waals surface area contributed by atoms with Crippen LogP contribution in [0.15, 0.2) is 0 Å². The average molecular weight is 895 g/mol. The summed E-state index contributed by atoms with van der Waals surface area (Å²) in [7, 11) is 1.94. The van der Waals surface area contributed by atoms with Gasteiger partial charge in [0.1, 0.15) is 13.2 Å². The van der Waals surface area contributed by atoms with E-state index in [9.17, 15) is 9.59 Å². The van der Waals surface area contributed by atoms with E-state index in [1.165, 1.54) is 70.8 Å². The number of unbranched alkanes of at least 4 members (excludes halogenated alkanes) is 10. The summed E-state index contributed by atoms with van der Waals surface area (Å²) >= 11 is 0. The minimum atomic E-state index is -3.00. The van der Waals surface area contributed by atoms with Crippen molar-refractivity contribution in [1.82, 2.24) is 0 Å². The Morgan fingerprint density at radius 3 is 1.38 bits per heavy atom. The minimum Gasteiger partial charge on any atom is -0.465 e. The lowest BCUT2D eigenvalue weighted by atomic mass is 9.92. The van der Waals surface area contributed by atoms with Gasteiger partial charge < -0.3 is 46.2 Å². The zero-order valence-corrected chi connectivity index (χ0v) is 43.2. The topological polar surface area (TPSA) is 117 Å². The van der Waals surface area contributed by atoms with Crippen LogP contribution in [-0.4, -0.2) is 147 Å². The number of rotatable bonds is 43. The van der Waals surface area contributed by atoms with Gasteiger partial charge in [-0.25, -0.2) is 0 Å². The molecule has 0 bridgehead atoms. The molecule has 0 amide bonds. The predicted octanol–water partition coefficient (Wildman–Crippen LogP) is 9.73. The Bertz CT molecular complexity index is 1050. The van der Waals surface area contributed by atoms with Gasteiger partial charge in [-0.05, 0) is 52.5 Å². The van der Waals surface area contributed by atoms with Gasteiger partial charge >= 0.3 is 20.7 Å². The maximum absolute atomic E-state index is 13.2. The molecule has 12 nitrogen and oxygen atoms in total. The van der Waals surface area contributed by atoms with Crippen molar-refractivity contribution in [3.8, 4) is 0 Å². The Kier molecular flexibility index (Phi) is 33.9. The van der Waals surface area contributed by atoms with Crippen LogP contribution in [0.1, 0.15) is 131 Å². The molecule has 0 saturated heterocycles. The van der Waals surface area contributed by atoms with Crippen LogP contribution in [0.2, 0.25) is 31.7 Å². The molecule has 0 aliphatic carbocycles. The standard InChI is InChI=1S/C46H96NO11Si2/c1-13-17-18-19-20-21-22-23-24-25-30-47(7,8)31-26-27-32-51-37-45(5,41-55-44(49)29-36-60(56-14-2,57-15-3)58-16-4)39-53-40-46(6,38-52-34-33-50-9)42-54-43(48)28-35-59(10,11)12/h13-42H2,1-12H3/q+1. The second kappa shape index (κ2) is 34.5. The molecule has 2 unspecified atom stereocenters. The van der Waals surface area contributed by atoms with Crippen LogP contribution >= 0.6 is 0 Å². The Hall–Kier alpha value is -0.946. The highest BCUT2D eigenvalue weighted by molar-refractivity contribution is 6.76. The van der Waals surface area contributed by atoms with Crippen molar-refractivity contribution in [2.24, 2.45) is 10.8 Å². The first-order valence-electron chi connectivity index (χ1n) is 23.7. The molecule has 0 aliphatic rings. The van der Waals surface area contributed by atoms with E-state index in [0.29, 0.717) is 65.3 Å². The predicted molar refractivity (Wildman–Crippen MR) is 248 cm³/mol. The van der Waals surface area contributed by atoms with E-state index in [4.69, 9.17) is 41.7 Å². The molecular formula is C46H96NO11Si2+. The zero-order chi connectivity index (χ0) is 45.2. The normalized spacial score (nSPS) is 14.5. The van der Waals surface area contributed by atoms with Crippen LogP contribution < -0.4 is 0 Å². The molecule has 358 valence electrons. The second-order valence-electron chi connectivity index (χ2n) is 19.3. The summed E-state index contributed by atoms with van der Waals surface area (Å²) in [4.78, 5) is 25.9. The van der Waals surface area contributed by atoms with Crippen LogP contribution in [0.25, 0.3) is 0 Å². The quantitative estimate of drug-likeness (QED) is 0.0252. The average Bonchev–Trinajstić information content (AvgIpc) is 3.18. The van der Waals surface area contributed by atoms with Crippen LogP contribution in [-0.2, 0) is 51.3 Å². The van der Waals surface area contributed by atoms with Crippen molar-refractivity contribution in [3.05, 3.63) is 0 Å². The molecule has 0 spiro atoms. The summed E-state index contributed by atoms with van der Waals surface area (Å²) in [6.07, 6.45) is 16.2. The SMILES string of the molecule is CCCCCCCCCCCC[N+](C)(C)CCCCOCC(C)(COCC(C)(COCCOC)COC(=O)CC[Si](C)(C)C)COC(=O)CC[Si](OCC)(OCC)OCC. The Labute approximate surface area is 371 Å². The third-order valence-electron chi connectivity index (χ3n) is 10.6. The fourth-order valence-electron chi connectivity index (χ4n) is 6.84. The number of nitrogens with zero attached hydrogens (tertiary/aromatic N) is 1. The lowest BCUT2D eigenvalue weighted by Gasteiger charge is -2.33. The van der Waals surface area contributed by atoms with Gasteiger partial charge in [-0.2, -0.15) is 0 Å². The first-order valence-corrected chi connectivity index (χ1v) is 29.3. The highest BCUT2D eigenvalue weighted by atomic mass is 28.4. The lowest BCUT2D eigenvalue weighted by Crippen LogP contribution is -2.46. The molecule has 0 N–H and O–H groups in total. The Morgan fingerprint density at radius 1 is 0.517 bits per heavy atom. The monoisotopic (exact) mass is 895 g/mol. The molecular weight excluding hydrogens is 799 g/mol. The molecule has 0 fully saturated rings. The summed E-state index contributed by atoms with van der Waals surface area (Å²) in [6, 6.07) is 1.22. The largest absolute Gasteiger partial charge is 0.501 e. The van der Waals surface area contributed by atoms with Crippen molar-refractivity contribution < 1.29 is 55.8 Å². The molecule has 0 aromatic rings. The van der Waals surface area contributed by atoms with Crippen LogP contribution in [0.3, 0.4) is 0 Å². The van der Waals surface area contributed by atoms with Crippen LogP contribution in [0, 0.1) is 10.8 Å². The summed E-state index contributed by atoms with van der Waals surface area (Å²) in [5.74, 6) is -0.544. The number of esters is 2. The van der Waals surface area contributed by atoms with E-state index < -0.39 is 27.7 Å². The molecule has 0 aliphatic heterocycles. The number of ether oxygens (including phenoxy) is 6. The zero-order valence-electron chi connectivity index (χ0n) is 41.2. The fraction of sp³-hybridized carbons (Fsp3) is 0.957. The molecule has 0 aromatic carbocycles. The number of carbonyl (C=O) groups excluding carboxylic acids is 2. The molecule has 0 aromatic heterocycles. The third-order valence-corrected chi connectivity index (χ3v) is 15.4. The van der Waals surface area contributed by atoms with Gasteiger partial charge in [0.15, 0.2) is 0 Å². The van der Waals surface area contributed by atoms with Crippen molar-refractivity contribution >= 4 is 28.8 Å². The summed E-state index contributed by atoms with van der Waals surface area (Å²) in [5.41, 5.74) is -1.22. The fourth-order valence-corrected chi connectivity index (χ4v) is 10.3. The molecule has 0 heterocycles. The van der Waals surface area contributed by atoms with Gasteiger partial charge in [-0.15, -0.1) is 0 Å². The molecule has 0 saturated carbocycles. The van der Waals surface area contributed by atoms with Crippen LogP contribution in [0.4, 0.5) is 0 Å². The lowest BCUT2D eigenvalue weighted by molar-refractivity contribution is -0.890. The molecule has 0 rings (SSSR count). The van der Waals surface area contributed by atoms with Crippen molar-refractivity contribution in [1.29, 1.82) is 0 Å². The van der Waals surface area contributed by atoms with Gasteiger partial charge in [0.05, 0.1) is 66.8 Å². The number of quaternary nitrogens is 1. The smallest absolute Gasteiger partial charge is 0.465 e. The van der Waals surface area contributed by atoms with E-state index in [0.717, 1.165) is 29.9 Å². The van der Waals surface area contributed by atoms with Gasteiger partial charge in [0, 0.05) is 71.3 Å². The highest BCUT2D eigenvalue weighted by Crippen LogP contribution is 2.25. The number of carbonyl (C=O) groups is 2. The van der Waals surface area contributed by atoms with Gasteiger partial charge in [0.25, 0.3) is 0 Å².